The fourth-order valence-corrected chi connectivity index (χ4v) is 3.23. The van der Waals surface area contributed by atoms with Crippen molar-refractivity contribution in [3.8, 4) is 11.4 Å². The van der Waals surface area contributed by atoms with Crippen molar-refractivity contribution < 1.29 is 21.1 Å². The fraction of sp³-hybridized carbons (Fsp3) is 0.292. The van der Waals surface area contributed by atoms with E-state index in [0.717, 1.165) is 45.7 Å². The predicted molar refractivity (Wildman–Crippen MR) is 117 cm³/mol. The first-order chi connectivity index (χ1) is 14.0. The molecule has 0 aliphatic heterocycles. The van der Waals surface area contributed by atoms with Gasteiger partial charge in [0.1, 0.15) is 0 Å². The van der Waals surface area contributed by atoms with E-state index in [1.807, 2.05) is 24.3 Å². The molecule has 0 aliphatic carbocycles. The van der Waals surface area contributed by atoms with Gasteiger partial charge in [-0.2, -0.15) is 0 Å². The molecular weight excluding hydrogens is 553 g/mol. The van der Waals surface area contributed by atoms with E-state index in [2.05, 4.69) is 71.6 Å². The monoisotopic (exact) mass is 578 g/mol. The topological polar surface area (TPSA) is 66.9 Å². The van der Waals surface area contributed by atoms with Gasteiger partial charge in [-0.25, -0.2) is 0 Å². The Morgan fingerprint density at radius 3 is 2.50 bits per heavy atom. The average molecular weight is 579 g/mol. The normalized spacial score (nSPS) is 11.4. The Balaban J connectivity index is 0.00000256. The molecule has 0 atom stereocenters. The van der Waals surface area contributed by atoms with Crippen LogP contribution >= 0.6 is 0 Å². The third kappa shape index (κ3) is 5.21. The summed E-state index contributed by atoms with van der Waals surface area (Å²) in [6.07, 6.45) is 2.58. The van der Waals surface area contributed by atoms with E-state index in [1.165, 1.54) is 0 Å². The molecule has 4 aromatic rings. The van der Waals surface area contributed by atoms with Gasteiger partial charge in [0.15, 0.2) is 0 Å². The van der Waals surface area contributed by atoms with Crippen molar-refractivity contribution in [1.82, 2.24) is 20.2 Å². The van der Waals surface area contributed by atoms with Gasteiger partial charge in [-0.3, -0.25) is 9.97 Å². The first-order valence-corrected chi connectivity index (χ1v) is 9.94. The maximum atomic E-state index is 4.93. The molecule has 0 amide bonds. The van der Waals surface area contributed by atoms with Gasteiger partial charge in [-0.1, -0.05) is 62.9 Å². The van der Waals surface area contributed by atoms with Crippen LogP contribution < -0.4 is 5.10 Å². The number of hydrogen-bond donors (Lipinski definition) is 0. The number of hydrogen-bond acceptors (Lipinski definition) is 3. The molecule has 0 aliphatic rings. The molecule has 0 radical (unpaired) electrons. The van der Waals surface area contributed by atoms with Gasteiger partial charge < -0.3 is 15.5 Å². The van der Waals surface area contributed by atoms with Gasteiger partial charge in [0, 0.05) is 34.1 Å². The van der Waals surface area contributed by atoms with Crippen LogP contribution in [0, 0.1) is 0 Å². The van der Waals surface area contributed by atoms with Crippen molar-refractivity contribution >= 4 is 10.8 Å². The minimum absolute atomic E-state index is 0. The molecule has 0 spiro atoms. The molecule has 0 saturated carbocycles. The van der Waals surface area contributed by atoms with Gasteiger partial charge in [0.25, 0.3) is 0 Å². The Hall–Kier alpha value is -2.36. The molecule has 0 saturated heterocycles. The number of aromatic nitrogens is 4. The summed E-state index contributed by atoms with van der Waals surface area (Å²) >= 11 is 0. The number of fused-ring (bicyclic) bond motifs is 1. The molecular formula is C24H25N5Pt. The molecule has 0 bridgehead atoms. The summed E-state index contributed by atoms with van der Waals surface area (Å²) in [4.78, 5) is 9.25. The SMILES string of the molecule is CC(C)(C)c1cc(-c2nc(CC[N-]Cc3ccccn3)cc3ccccc23)[n-]n1.[Pt+2]. The predicted octanol–water partition coefficient (Wildman–Crippen LogP) is 5.06. The van der Waals surface area contributed by atoms with Crippen LogP contribution in [0.4, 0.5) is 0 Å². The summed E-state index contributed by atoms with van der Waals surface area (Å²) in [6, 6.07) is 18.4. The van der Waals surface area contributed by atoms with Crippen molar-refractivity contribution in [2.75, 3.05) is 6.54 Å². The number of rotatable bonds is 6. The summed E-state index contributed by atoms with van der Waals surface area (Å²) in [5.41, 5.74) is 4.67. The number of benzene rings is 1. The first-order valence-electron chi connectivity index (χ1n) is 9.94. The van der Waals surface area contributed by atoms with Crippen LogP contribution in [0.1, 0.15) is 37.9 Å². The number of pyridine rings is 2. The Morgan fingerprint density at radius 1 is 0.967 bits per heavy atom. The van der Waals surface area contributed by atoms with E-state index in [4.69, 9.17) is 4.98 Å². The molecule has 3 aromatic heterocycles. The minimum Gasteiger partial charge on any atom is -0.657 e. The second kappa shape index (κ2) is 9.63. The zero-order valence-electron chi connectivity index (χ0n) is 17.4. The molecule has 4 rings (SSSR count). The molecule has 1 aromatic carbocycles. The standard InChI is InChI=1S/C24H25N5.Pt/c1-24(2,3)22-15-21(28-29-22)23-20-10-5-4-8-17(20)14-18(27-23)11-13-25-16-19-9-6-7-12-26-19;/h4-10,12,14-15H,11,13,16H2,1-3H3;/q-2;+2. The molecule has 3 heterocycles. The van der Waals surface area contributed by atoms with Crippen LogP contribution in [-0.2, 0) is 39.4 Å². The van der Waals surface area contributed by atoms with Crippen molar-refractivity contribution in [2.45, 2.75) is 39.2 Å². The van der Waals surface area contributed by atoms with Crippen molar-refractivity contribution in [3.05, 3.63) is 83.2 Å². The quantitative estimate of drug-likeness (QED) is 0.300. The number of nitrogens with zero attached hydrogens (tertiary/aromatic N) is 5. The summed E-state index contributed by atoms with van der Waals surface area (Å²) in [6.45, 7) is 7.77. The van der Waals surface area contributed by atoms with E-state index in [-0.39, 0.29) is 26.5 Å². The van der Waals surface area contributed by atoms with Crippen molar-refractivity contribution in [3.63, 3.8) is 0 Å². The summed E-state index contributed by atoms with van der Waals surface area (Å²) in [5, 5.41) is 15.7. The Bertz CT molecular complexity index is 1100. The summed E-state index contributed by atoms with van der Waals surface area (Å²) in [7, 11) is 0. The zero-order valence-corrected chi connectivity index (χ0v) is 19.7. The van der Waals surface area contributed by atoms with Crippen LogP contribution in [0.3, 0.4) is 0 Å². The second-order valence-electron chi connectivity index (χ2n) is 8.22. The van der Waals surface area contributed by atoms with Crippen molar-refractivity contribution in [1.29, 1.82) is 0 Å². The van der Waals surface area contributed by atoms with E-state index < -0.39 is 0 Å². The van der Waals surface area contributed by atoms with Gasteiger partial charge >= 0.3 is 21.1 Å². The molecule has 0 fully saturated rings. The van der Waals surface area contributed by atoms with E-state index in [0.29, 0.717) is 13.1 Å². The van der Waals surface area contributed by atoms with E-state index in [1.54, 1.807) is 6.20 Å². The van der Waals surface area contributed by atoms with E-state index >= 15 is 0 Å². The van der Waals surface area contributed by atoms with Gasteiger partial charge in [0.05, 0.1) is 5.69 Å². The molecule has 6 heteroatoms. The second-order valence-corrected chi connectivity index (χ2v) is 8.22. The largest absolute Gasteiger partial charge is 2.00 e. The van der Waals surface area contributed by atoms with E-state index in [9.17, 15) is 0 Å². The van der Waals surface area contributed by atoms with Gasteiger partial charge in [-0.05, 0) is 30.0 Å². The van der Waals surface area contributed by atoms with Crippen LogP contribution in [0.25, 0.3) is 27.5 Å². The van der Waals surface area contributed by atoms with Crippen LogP contribution in [0.15, 0.2) is 60.8 Å². The van der Waals surface area contributed by atoms with Crippen LogP contribution in [-0.4, -0.2) is 21.6 Å². The molecule has 156 valence electrons. The maximum Gasteiger partial charge on any atom is 2.00 e. The molecule has 0 unspecified atom stereocenters. The summed E-state index contributed by atoms with van der Waals surface area (Å²) in [5.74, 6) is 0. The maximum absolute atomic E-state index is 4.93. The molecule has 0 N–H and O–H groups in total. The third-order valence-electron chi connectivity index (χ3n) is 4.87. The third-order valence-corrected chi connectivity index (χ3v) is 4.87. The molecule has 5 nitrogen and oxygen atoms in total. The van der Waals surface area contributed by atoms with Gasteiger partial charge in [-0.15, -0.1) is 13.1 Å². The minimum atomic E-state index is -0.0387. The Morgan fingerprint density at radius 2 is 1.77 bits per heavy atom. The zero-order chi connectivity index (χ0) is 20.3. The smallest absolute Gasteiger partial charge is 0.657 e. The Labute approximate surface area is 192 Å². The summed E-state index contributed by atoms with van der Waals surface area (Å²) < 4.78 is 0. The van der Waals surface area contributed by atoms with Crippen LogP contribution in [0.5, 0.6) is 0 Å². The van der Waals surface area contributed by atoms with Gasteiger partial charge in [0.2, 0.25) is 0 Å². The van der Waals surface area contributed by atoms with Crippen molar-refractivity contribution in [2.24, 2.45) is 0 Å². The Kier molecular flexibility index (Phi) is 7.17. The average Bonchev–Trinajstić information content (AvgIpc) is 3.22. The molecule has 30 heavy (non-hydrogen) atoms. The van der Waals surface area contributed by atoms with Crippen LogP contribution in [0.2, 0.25) is 0 Å². The first kappa shape index (κ1) is 22.3. The fourth-order valence-electron chi connectivity index (χ4n) is 3.23.